The van der Waals surface area contributed by atoms with Crippen LogP contribution >= 0.6 is 11.8 Å². The van der Waals surface area contributed by atoms with Gasteiger partial charge < -0.3 is 14.5 Å². The van der Waals surface area contributed by atoms with E-state index in [0.29, 0.717) is 0 Å². The molecule has 0 radical (unpaired) electrons. The second-order valence-corrected chi connectivity index (χ2v) is 5.17. The van der Waals surface area contributed by atoms with Crippen molar-refractivity contribution in [1.29, 1.82) is 0 Å². The molecule has 0 atom stereocenters. The first-order valence-electron chi connectivity index (χ1n) is 5.76. The Labute approximate surface area is 101 Å². The Morgan fingerprint density at radius 3 is 3.00 bits per heavy atom. The average Bonchev–Trinajstić information content (AvgIpc) is 3.02. The highest BCUT2D eigenvalue weighted by Gasteiger charge is 2.20. The first-order chi connectivity index (χ1) is 7.88. The topological polar surface area (TPSA) is 34.4 Å². The molecule has 0 aliphatic heterocycles. The van der Waals surface area contributed by atoms with E-state index in [4.69, 9.17) is 9.15 Å². The van der Waals surface area contributed by atoms with Crippen LogP contribution in [0.15, 0.2) is 16.5 Å². The standard InChI is InChI=1S/C12H19NO2S/c1-14-6-7-16-9-12-5-4-11(15-12)8-13-10-2-3-10/h4-5,10,13H,2-3,6-9H2,1H3. The molecule has 1 heterocycles. The van der Waals surface area contributed by atoms with Crippen LogP contribution in [0.1, 0.15) is 24.4 Å². The van der Waals surface area contributed by atoms with Gasteiger partial charge in [-0.1, -0.05) is 0 Å². The molecule has 3 nitrogen and oxygen atoms in total. The van der Waals surface area contributed by atoms with Gasteiger partial charge in [-0.3, -0.25) is 0 Å². The molecule has 2 rings (SSSR count). The molecule has 0 bridgehead atoms. The Morgan fingerprint density at radius 1 is 1.44 bits per heavy atom. The lowest BCUT2D eigenvalue weighted by Gasteiger charge is -1.99. The molecule has 1 N–H and O–H groups in total. The van der Waals surface area contributed by atoms with Gasteiger partial charge in [0.2, 0.25) is 0 Å². The van der Waals surface area contributed by atoms with Gasteiger partial charge in [-0.05, 0) is 25.0 Å². The Morgan fingerprint density at radius 2 is 2.25 bits per heavy atom. The molecular formula is C12H19NO2S. The summed E-state index contributed by atoms with van der Waals surface area (Å²) in [6.07, 6.45) is 2.64. The Kier molecular flexibility index (Phi) is 4.75. The molecule has 4 heteroatoms. The molecule has 1 aliphatic rings. The van der Waals surface area contributed by atoms with Gasteiger partial charge in [0.1, 0.15) is 11.5 Å². The van der Waals surface area contributed by atoms with E-state index in [2.05, 4.69) is 17.4 Å². The fourth-order valence-electron chi connectivity index (χ4n) is 1.44. The van der Waals surface area contributed by atoms with Gasteiger partial charge >= 0.3 is 0 Å². The highest BCUT2D eigenvalue weighted by Crippen LogP contribution is 2.20. The molecule has 0 aromatic carbocycles. The van der Waals surface area contributed by atoms with Crippen molar-refractivity contribution in [3.05, 3.63) is 23.7 Å². The zero-order chi connectivity index (χ0) is 11.2. The SMILES string of the molecule is COCCSCc1ccc(CNC2CC2)o1. The zero-order valence-corrected chi connectivity index (χ0v) is 10.5. The van der Waals surface area contributed by atoms with Crippen LogP contribution in [0.4, 0.5) is 0 Å². The summed E-state index contributed by atoms with van der Waals surface area (Å²) in [7, 11) is 1.73. The molecule has 0 saturated heterocycles. The van der Waals surface area contributed by atoms with Crippen LogP contribution in [-0.4, -0.2) is 25.5 Å². The molecule has 0 amide bonds. The van der Waals surface area contributed by atoms with Crippen molar-refractivity contribution in [3.63, 3.8) is 0 Å². The summed E-state index contributed by atoms with van der Waals surface area (Å²) < 4.78 is 10.7. The fraction of sp³-hybridized carbons (Fsp3) is 0.667. The van der Waals surface area contributed by atoms with Crippen LogP contribution in [0, 0.1) is 0 Å². The normalized spacial score (nSPS) is 15.6. The van der Waals surface area contributed by atoms with Crippen LogP contribution in [0.3, 0.4) is 0 Å². The number of furan rings is 1. The van der Waals surface area contributed by atoms with Crippen LogP contribution in [0.5, 0.6) is 0 Å². The monoisotopic (exact) mass is 241 g/mol. The molecule has 1 aromatic heterocycles. The van der Waals surface area contributed by atoms with E-state index in [1.54, 1.807) is 7.11 Å². The van der Waals surface area contributed by atoms with Crippen molar-refractivity contribution in [3.8, 4) is 0 Å². The number of nitrogens with one attached hydrogen (secondary N) is 1. The van der Waals surface area contributed by atoms with Crippen LogP contribution < -0.4 is 5.32 Å². The maximum Gasteiger partial charge on any atom is 0.118 e. The minimum absolute atomic E-state index is 0.740. The van der Waals surface area contributed by atoms with Gasteiger partial charge in [0.15, 0.2) is 0 Å². The first kappa shape index (κ1) is 12.0. The van der Waals surface area contributed by atoms with Gasteiger partial charge in [0.25, 0.3) is 0 Å². The van der Waals surface area contributed by atoms with Crippen molar-refractivity contribution in [1.82, 2.24) is 5.32 Å². The molecule has 1 saturated carbocycles. The quantitative estimate of drug-likeness (QED) is 0.709. The number of thioether (sulfide) groups is 1. The zero-order valence-electron chi connectivity index (χ0n) is 9.70. The van der Waals surface area contributed by atoms with Gasteiger partial charge in [-0.2, -0.15) is 11.8 Å². The largest absolute Gasteiger partial charge is 0.464 e. The third-order valence-electron chi connectivity index (χ3n) is 2.54. The predicted molar refractivity (Wildman–Crippen MR) is 66.6 cm³/mol. The summed E-state index contributed by atoms with van der Waals surface area (Å²) in [5.41, 5.74) is 0. The molecule has 1 fully saturated rings. The number of hydrogen-bond donors (Lipinski definition) is 1. The Balaban J connectivity index is 1.64. The smallest absolute Gasteiger partial charge is 0.118 e. The molecule has 16 heavy (non-hydrogen) atoms. The fourth-order valence-corrected chi connectivity index (χ4v) is 2.23. The summed E-state index contributed by atoms with van der Waals surface area (Å²) in [4.78, 5) is 0. The lowest BCUT2D eigenvalue weighted by atomic mass is 10.4. The molecular weight excluding hydrogens is 222 g/mol. The highest BCUT2D eigenvalue weighted by molar-refractivity contribution is 7.98. The number of rotatable bonds is 8. The summed E-state index contributed by atoms with van der Waals surface area (Å²) >= 11 is 1.84. The maximum absolute atomic E-state index is 5.72. The van der Waals surface area contributed by atoms with Crippen LogP contribution in [-0.2, 0) is 17.0 Å². The third-order valence-corrected chi connectivity index (χ3v) is 3.48. The second kappa shape index (κ2) is 6.33. The predicted octanol–water partition coefficient (Wildman–Crippen LogP) is 2.41. The van der Waals surface area contributed by atoms with E-state index in [1.165, 1.54) is 12.8 Å². The molecule has 0 unspecified atom stereocenters. The Hall–Kier alpha value is -0.450. The van der Waals surface area contributed by atoms with Crippen LogP contribution in [0.25, 0.3) is 0 Å². The number of ether oxygens (including phenoxy) is 1. The summed E-state index contributed by atoms with van der Waals surface area (Å²) in [6, 6.07) is 4.88. The van der Waals surface area contributed by atoms with Crippen LogP contribution in [0.2, 0.25) is 0 Å². The lowest BCUT2D eigenvalue weighted by molar-refractivity contribution is 0.218. The molecule has 1 aromatic rings. The maximum atomic E-state index is 5.72. The van der Waals surface area contributed by atoms with Gasteiger partial charge in [-0.25, -0.2) is 0 Å². The highest BCUT2D eigenvalue weighted by atomic mass is 32.2. The number of methoxy groups -OCH3 is 1. The molecule has 90 valence electrons. The third kappa shape index (κ3) is 4.20. The van der Waals surface area contributed by atoms with E-state index < -0.39 is 0 Å². The van der Waals surface area contributed by atoms with E-state index in [9.17, 15) is 0 Å². The van der Waals surface area contributed by atoms with Gasteiger partial charge in [0, 0.05) is 18.9 Å². The number of hydrogen-bond acceptors (Lipinski definition) is 4. The minimum Gasteiger partial charge on any atom is -0.464 e. The lowest BCUT2D eigenvalue weighted by Crippen LogP contribution is -2.14. The molecule has 1 aliphatic carbocycles. The van der Waals surface area contributed by atoms with Crippen molar-refractivity contribution < 1.29 is 9.15 Å². The molecule has 0 spiro atoms. The van der Waals surface area contributed by atoms with Crippen molar-refractivity contribution in [2.75, 3.05) is 19.5 Å². The van der Waals surface area contributed by atoms with Gasteiger partial charge in [-0.15, -0.1) is 0 Å². The van der Waals surface area contributed by atoms with E-state index in [0.717, 1.165) is 42.2 Å². The van der Waals surface area contributed by atoms with E-state index in [-0.39, 0.29) is 0 Å². The average molecular weight is 241 g/mol. The summed E-state index contributed by atoms with van der Waals surface area (Å²) in [6.45, 7) is 1.68. The first-order valence-corrected chi connectivity index (χ1v) is 6.91. The second-order valence-electron chi connectivity index (χ2n) is 4.07. The van der Waals surface area contributed by atoms with Gasteiger partial charge in [0.05, 0.1) is 18.9 Å². The van der Waals surface area contributed by atoms with E-state index >= 15 is 0 Å². The van der Waals surface area contributed by atoms with Crippen molar-refractivity contribution >= 4 is 11.8 Å². The Bertz CT molecular complexity index is 310. The van der Waals surface area contributed by atoms with Crippen molar-refractivity contribution in [2.45, 2.75) is 31.2 Å². The summed E-state index contributed by atoms with van der Waals surface area (Å²) in [5, 5.41) is 3.44. The van der Waals surface area contributed by atoms with Crippen molar-refractivity contribution in [2.24, 2.45) is 0 Å². The summed E-state index contributed by atoms with van der Waals surface area (Å²) in [5.74, 6) is 4.07. The minimum atomic E-state index is 0.740. The van der Waals surface area contributed by atoms with E-state index in [1.807, 2.05) is 11.8 Å².